The minimum atomic E-state index is -0.0906. The molecule has 0 unspecified atom stereocenters. The number of nitriles is 1. The van der Waals surface area contributed by atoms with Gasteiger partial charge in [0.25, 0.3) is 0 Å². The number of aromatic nitrogens is 4. The largest absolute Gasteiger partial charge is 0.370 e. The maximum atomic E-state index is 8.98. The Labute approximate surface area is 122 Å². The summed E-state index contributed by atoms with van der Waals surface area (Å²) in [6.45, 7) is 2.52. The van der Waals surface area contributed by atoms with Crippen LogP contribution in [0.2, 0.25) is 0 Å². The minimum Gasteiger partial charge on any atom is -0.370 e. The number of hydrogen-bond donors (Lipinski definition) is 1. The quantitative estimate of drug-likeness (QED) is 0.914. The highest BCUT2D eigenvalue weighted by Crippen LogP contribution is 2.30. The summed E-state index contributed by atoms with van der Waals surface area (Å²) in [7, 11) is 1.89. The zero-order chi connectivity index (χ0) is 14.8. The number of nitrogens with zero attached hydrogens (tertiary/aromatic N) is 5. The summed E-state index contributed by atoms with van der Waals surface area (Å²) in [5.74, 6) is 0.467. The fourth-order valence-corrected chi connectivity index (χ4v) is 2.55. The van der Waals surface area contributed by atoms with Gasteiger partial charge in [0.1, 0.15) is 17.9 Å². The molecule has 0 amide bonds. The van der Waals surface area contributed by atoms with E-state index in [1.165, 1.54) is 0 Å². The van der Waals surface area contributed by atoms with Gasteiger partial charge in [0.2, 0.25) is 5.95 Å². The first-order valence-electron chi connectivity index (χ1n) is 6.79. The molecule has 21 heavy (non-hydrogen) atoms. The summed E-state index contributed by atoms with van der Waals surface area (Å²) in [6.07, 6.45) is 2.52. The molecule has 1 fully saturated rings. The lowest BCUT2D eigenvalue weighted by atomic mass is 10.1. The first kappa shape index (κ1) is 13.5. The molecular weight excluding hydrogens is 268 g/mol. The average Bonchev–Trinajstić information content (AvgIpc) is 3.06. The molecule has 2 aromatic heterocycles. The highest BCUT2D eigenvalue weighted by Gasteiger charge is 2.32. The second-order valence-corrected chi connectivity index (χ2v) is 5.04. The van der Waals surface area contributed by atoms with E-state index in [4.69, 9.17) is 10.00 Å². The normalized spacial score (nSPS) is 21.2. The first-order valence-corrected chi connectivity index (χ1v) is 6.79. The van der Waals surface area contributed by atoms with Crippen LogP contribution in [0.15, 0.2) is 18.3 Å². The van der Waals surface area contributed by atoms with Crippen LogP contribution < -0.4 is 5.32 Å². The van der Waals surface area contributed by atoms with Gasteiger partial charge in [0.05, 0.1) is 11.7 Å². The Hall–Kier alpha value is -2.46. The van der Waals surface area contributed by atoms with E-state index in [9.17, 15) is 0 Å². The van der Waals surface area contributed by atoms with Crippen LogP contribution in [0.5, 0.6) is 0 Å². The van der Waals surface area contributed by atoms with E-state index in [0.29, 0.717) is 18.2 Å². The summed E-state index contributed by atoms with van der Waals surface area (Å²) in [6, 6.07) is 5.72. The maximum absolute atomic E-state index is 8.98. The predicted octanol–water partition coefficient (Wildman–Crippen LogP) is 1.33. The van der Waals surface area contributed by atoms with E-state index in [0.717, 1.165) is 17.8 Å². The van der Waals surface area contributed by atoms with Crippen LogP contribution in [0.25, 0.3) is 0 Å². The molecule has 0 saturated carbocycles. The Morgan fingerprint density at radius 3 is 3.05 bits per heavy atom. The summed E-state index contributed by atoms with van der Waals surface area (Å²) < 4.78 is 7.61. The van der Waals surface area contributed by atoms with Crippen molar-refractivity contribution in [1.29, 1.82) is 5.26 Å². The molecule has 0 aliphatic carbocycles. The molecule has 1 aliphatic rings. The van der Waals surface area contributed by atoms with Crippen molar-refractivity contribution in [3.63, 3.8) is 0 Å². The minimum absolute atomic E-state index is 0.0637. The number of nitrogens with one attached hydrogen (secondary N) is 1. The number of anilines is 1. The van der Waals surface area contributed by atoms with Crippen LogP contribution in [0, 0.1) is 18.3 Å². The topological polar surface area (TPSA) is 88.6 Å². The van der Waals surface area contributed by atoms with Crippen molar-refractivity contribution in [2.75, 3.05) is 11.9 Å². The fraction of sp³-hybridized carbons (Fsp3) is 0.429. The predicted molar refractivity (Wildman–Crippen MR) is 75.4 cm³/mol. The van der Waals surface area contributed by atoms with Gasteiger partial charge in [-0.1, -0.05) is 0 Å². The number of ether oxygens (including phenoxy) is 1. The van der Waals surface area contributed by atoms with E-state index in [1.54, 1.807) is 12.3 Å². The highest BCUT2D eigenvalue weighted by molar-refractivity contribution is 5.35. The van der Waals surface area contributed by atoms with Gasteiger partial charge in [-0.3, -0.25) is 4.68 Å². The molecule has 1 aliphatic heterocycles. The molecule has 1 N–H and O–H groups in total. The van der Waals surface area contributed by atoms with E-state index < -0.39 is 0 Å². The third-order valence-electron chi connectivity index (χ3n) is 3.53. The van der Waals surface area contributed by atoms with E-state index >= 15 is 0 Å². The monoisotopic (exact) mass is 284 g/mol. The number of hydrogen-bond acceptors (Lipinski definition) is 6. The molecule has 0 aromatic carbocycles. The van der Waals surface area contributed by atoms with Crippen LogP contribution in [0.1, 0.15) is 29.6 Å². The summed E-state index contributed by atoms with van der Waals surface area (Å²) in [5.41, 5.74) is 2.14. The van der Waals surface area contributed by atoms with Crippen molar-refractivity contribution in [1.82, 2.24) is 19.7 Å². The molecular formula is C14H16N6O. The second-order valence-electron chi connectivity index (χ2n) is 5.04. The van der Waals surface area contributed by atoms with Crippen molar-refractivity contribution < 1.29 is 4.74 Å². The van der Waals surface area contributed by atoms with E-state index in [2.05, 4.69) is 20.4 Å². The molecule has 108 valence electrons. The summed E-state index contributed by atoms with van der Waals surface area (Å²) >= 11 is 0. The van der Waals surface area contributed by atoms with Gasteiger partial charge >= 0.3 is 0 Å². The second kappa shape index (κ2) is 5.50. The van der Waals surface area contributed by atoms with Gasteiger partial charge in [-0.15, -0.1) is 0 Å². The lowest BCUT2D eigenvalue weighted by molar-refractivity contribution is 0.101. The molecule has 3 heterocycles. The van der Waals surface area contributed by atoms with Crippen LogP contribution in [0.4, 0.5) is 5.95 Å². The van der Waals surface area contributed by atoms with Crippen molar-refractivity contribution in [3.05, 3.63) is 35.4 Å². The Bertz CT molecular complexity index is 689. The number of rotatable bonds is 3. The third-order valence-corrected chi connectivity index (χ3v) is 3.53. The van der Waals surface area contributed by atoms with Crippen molar-refractivity contribution in [3.8, 4) is 6.07 Å². The molecule has 0 radical (unpaired) electrons. The van der Waals surface area contributed by atoms with E-state index in [-0.39, 0.29) is 12.1 Å². The van der Waals surface area contributed by atoms with Crippen molar-refractivity contribution in [2.24, 2.45) is 7.05 Å². The zero-order valence-electron chi connectivity index (χ0n) is 11.9. The number of aryl methyl sites for hydroxylation is 2. The molecule has 2 aromatic rings. The molecule has 0 spiro atoms. The van der Waals surface area contributed by atoms with Gasteiger partial charge in [0, 0.05) is 25.5 Å². The lowest BCUT2D eigenvalue weighted by Gasteiger charge is -2.20. The molecule has 7 heteroatoms. The standard InChI is InChI=1S/C14H16N6O/c1-9-7-10(8-15)18-14(17-9)19-11-4-6-21-13(11)12-3-5-16-20(12)2/h3,5,7,11,13H,4,6H2,1-2H3,(H,17,18,19)/t11-,13-/m0/s1. The maximum Gasteiger partial charge on any atom is 0.224 e. The van der Waals surface area contributed by atoms with Crippen LogP contribution in [0.3, 0.4) is 0 Å². The molecule has 3 rings (SSSR count). The van der Waals surface area contributed by atoms with Crippen molar-refractivity contribution >= 4 is 5.95 Å². The van der Waals surface area contributed by atoms with Gasteiger partial charge < -0.3 is 10.1 Å². The van der Waals surface area contributed by atoms with Gasteiger partial charge in [-0.05, 0) is 25.5 Å². The van der Waals surface area contributed by atoms with Crippen LogP contribution in [-0.2, 0) is 11.8 Å². The van der Waals surface area contributed by atoms with Gasteiger partial charge in [0.15, 0.2) is 0 Å². The summed E-state index contributed by atoms with van der Waals surface area (Å²) in [5, 5.41) is 16.4. The SMILES string of the molecule is Cc1cc(C#N)nc(N[C@H]2CCO[C@@H]2c2ccnn2C)n1. The van der Waals surface area contributed by atoms with Crippen LogP contribution >= 0.6 is 0 Å². The van der Waals surface area contributed by atoms with Crippen molar-refractivity contribution in [2.45, 2.75) is 25.5 Å². The molecule has 0 bridgehead atoms. The lowest BCUT2D eigenvalue weighted by Crippen LogP contribution is -2.26. The Balaban J connectivity index is 1.83. The van der Waals surface area contributed by atoms with Gasteiger partial charge in [-0.2, -0.15) is 10.4 Å². The Morgan fingerprint density at radius 2 is 2.33 bits per heavy atom. The van der Waals surface area contributed by atoms with Crippen LogP contribution in [-0.4, -0.2) is 32.4 Å². The highest BCUT2D eigenvalue weighted by atomic mass is 16.5. The smallest absolute Gasteiger partial charge is 0.224 e. The molecule has 1 saturated heterocycles. The Morgan fingerprint density at radius 1 is 1.48 bits per heavy atom. The van der Waals surface area contributed by atoms with E-state index in [1.807, 2.05) is 30.8 Å². The average molecular weight is 284 g/mol. The zero-order valence-corrected chi connectivity index (χ0v) is 11.9. The first-order chi connectivity index (χ1) is 10.2. The molecule has 2 atom stereocenters. The molecule has 7 nitrogen and oxygen atoms in total. The Kier molecular flexibility index (Phi) is 3.54. The van der Waals surface area contributed by atoms with Gasteiger partial charge in [-0.25, -0.2) is 9.97 Å². The third kappa shape index (κ3) is 2.71. The fourth-order valence-electron chi connectivity index (χ4n) is 2.55. The summed E-state index contributed by atoms with van der Waals surface area (Å²) in [4.78, 5) is 8.52.